The molecule has 0 bridgehead atoms. The summed E-state index contributed by atoms with van der Waals surface area (Å²) in [6, 6.07) is 7.67. The monoisotopic (exact) mass is 487 g/mol. The Morgan fingerprint density at radius 3 is 2.67 bits per heavy atom. The van der Waals surface area contributed by atoms with Crippen LogP contribution < -0.4 is 15.4 Å². The zero-order valence-corrected chi connectivity index (χ0v) is 20.0. The van der Waals surface area contributed by atoms with Crippen molar-refractivity contribution in [2.75, 3.05) is 18.9 Å². The summed E-state index contributed by atoms with van der Waals surface area (Å²) in [5, 5.41) is 6.31. The van der Waals surface area contributed by atoms with Crippen LogP contribution in [0.15, 0.2) is 49.2 Å². The predicted molar refractivity (Wildman–Crippen MR) is 133 cm³/mol. The highest BCUT2D eigenvalue weighted by atomic mass is 19.1. The molecule has 3 heterocycles. The van der Waals surface area contributed by atoms with Gasteiger partial charge in [0.1, 0.15) is 18.2 Å². The van der Waals surface area contributed by atoms with E-state index in [4.69, 9.17) is 4.74 Å². The van der Waals surface area contributed by atoms with Gasteiger partial charge in [-0.05, 0) is 24.8 Å². The number of nitrogens with one attached hydrogen (secondary N) is 2. The number of halogens is 1. The summed E-state index contributed by atoms with van der Waals surface area (Å²) in [6.07, 6.45) is 9.47. The molecule has 36 heavy (non-hydrogen) atoms. The number of carbonyl (C=O) groups excluding carboxylic acids is 1. The van der Waals surface area contributed by atoms with E-state index in [0.717, 1.165) is 30.2 Å². The standard InChI is InChI=1S/C26H26FN7O2/c1-15(18-7-4-8-19-23(25(35)28-2)20(27)13-30-24(18)19)10-29-22-9-21(33-14-34-22)16-11-31-26(32-12-16)36-17-5-3-6-17/h4,7-9,11-15,17H,3,5-6,10H2,1-2H3,(H,28,35)(H,29,33,34)/t15-/m1/s1. The van der Waals surface area contributed by atoms with Gasteiger partial charge in [-0.15, -0.1) is 0 Å². The predicted octanol–water partition coefficient (Wildman–Crippen LogP) is 4.13. The topological polar surface area (TPSA) is 115 Å². The zero-order chi connectivity index (χ0) is 25.1. The molecule has 1 amide bonds. The first-order chi connectivity index (χ1) is 17.5. The summed E-state index contributed by atoms with van der Waals surface area (Å²) < 4.78 is 20.1. The molecule has 0 unspecified atom stereocenters. The number of benzene rings is 1. The van der Waals surface area contributed by atoms with Crippen LogP contribution in [0.25, 0.3) is 22.2 Å². The quantitative estimate of drug-likeness (QED) is 0.381. The van der Waals surface area contributed by atoms with Crippen LogP contribution in [0, 0.1) is 5.82 Å². The number of anilines is 1. The number of nitrogens with zero attached hydrogens (tertiary/aromatic N) is 5. The van der Waals surface area contributed by atoms with Crippen molar-refractivity contribution in [3.63, 3.8) is 0 Å². The number of aromatic nitrogens is 5. The maximum atomic E-state index is 14.4. The minimum atomic E-state index is -0.648. The Kier molecular flexibility index (Phi) is 6.66. The molecule has 1 aliphatic rings. The fourth-order valence-corrected chi connectivity index (χ4v) is 4.10. The molecule has 10 heteroatoms. The lowest BCUT2D eigenvalue weighted by Crippen LogP contribution is -2.25. The third kappa shape index (κ3) is 4.79. The summed E-state index contributed by atoms with van der Waals surface area (Å²) in [5.74, 6) is -0.492. The first-order valence-corrected chi connectivity index (χ1v) is 11.9. The summed E-state index contributed by atoms with van der Waals surface area (Å²) >= 11 is 0. The van der Waals surface area contributed by atoms with Gasteiger partial charge in [-0.1, -0.05) is 25.1 Å². The number of pyridine rings is 1. The lowest BCUT2D eigenvalue weighted by Gasteiger charge is -2.24. The molecular formula is C26H26FN7O2. The number of rotatable bonds is 8. The number of hydrogen-bond acceptors (Lipinski definition) is 8. The normalized spacial score (nSPS) is 14.2. The van der Waals surface area contributed by atoms with E-state index in [0.29, 0.717) is 35.0 Å². The minimum Gasteiger partial charge on any atom is -0.460 e. The van der Waals surface area contributed by atoms with Gasteiger partial charge < -0.3 is 15.4 Å². The SMILES string of the molecule is CNC(=O)c1c(F)cnc2c([C@H](C)CNc3cc(-c4cnc(OC5CCC5)nc4)ncn3)cccc12. The second-order valence-electron chi connectivity index (χ2n) is 8.80. The van der Waals surface area contributed by atoms with Gasteiger partial charge in [-0.3, -0.25) is 9.78 Å². The first kappa shape index (κ1) is 23.5. The molecule has 9 nitrogen and oxygen atoms in total. The third-order valence-corrected chi connectivity index (χ3v) is 6.37. The van der Waals surface area contributed by atoms with Crippen LogP contribution in [-0.2, 0) is 0 Å². The zero-order valence-electron chi connectivity index (χ0n) is 20.0. The fraction of sp³-hybridized carbons (Fsp3) is 0.308. The molecule has 4 aromatic rings. The Morgan fingerprint density at radius 2 is 1.94 bits per heavy atom. The Morgan fingerprint density at radius 1 is 1.14 bits per heavy atom. The number of carbonyl (C=O) groups is 1. The van der Waals surface area contributed by atoms with E-state index in [1.165, 1.54) is 19.8 Å². The Bertz CT molecular complexity index is 1390. The van der Waals surface area contributed by atoms with Crippen LogP contribution in [0.5, 0.6) is 6.01 Å². The Labute approximate surface area is 207 Å². The third-order valence-electron chi connectivity index (χ3n) is 6.37. The average Bonchev–Trinajstić information content (AvgIpc) is 2.89. The van der Waals surface area contributed by atoms with Gasteiger partial charge in [0, 0.05) is 48.9 Å². The highest BCUT2D eigenvalue weighted by Gasteiger charge is 2.21. The molecule has 184 valence electrons. The molecule has 1 fully saturated rings. The fourth-order valence-electron chi connectivity index (χ4n) is 4.10. The van der Waals surface area contributed by atoms with Crippen molar-refractivity contribution >= 4 is 22.6 Å². The minimum absolute atomic E-state index is 0.00345. The van der Waals surface area contributed by atoms with Gasteiger partial charge in [0.15, 0.2) is 5.82 Å². The van der Waals surface area contributed by atoms with Crippen LogP contribution in [0.2, 0.25) is 0 Å². The number of fused-ring (bicyclic) bond motifs is 1. The van der Waals surface area contributed by atoms with Crippen molar-refractivity contribution < 1.29 is 13.9 Å². The van der Waals surface area contributed by atoms with Crippen LogP contribution in [0.1, 0.15) is 48.0 Å². The second-order valence-corrected chi connectivity index (χ2v) is 8.80. The lowest BCUT2D eigenvalue weighted by molar-refractivity contribution is 0.0960. The molecule has 0 spiro atoms. The maximum absolute atomic E-state index is 14.4. The van der Waals surface area contributed by atoms with Crippen molar-refractivity contribution in [1.29, 1.82) is 0 Å². The van der Waals surface area contributed by atoms with Crippen LogP contribution >= 0.6 is 0 Å². The van der Waals surface area contributed by atoms with Gasteiger partial charge in [-0.2, -0.15) is 0 Å². The smallest absolute Gasteiger partial charge is 0.316 e. The summed E-state index contributed by atoms with van der Waals surface area (Å²) in [5.41, 5.74) is 2.94. The highest BCUT2D eigenvalue weighted by molar-refractivity contribution is 6.06. The van der Waals surface area contributed by atoms with Crippen molar-refractivity contribution in [1.82, 2.24) is 30.2 Å². The summed E-state index contributed by atoms with van der Waals surface area (Å²) in [6.45, 7) is 2.57. The summed E-state index contributed by atoms with van der Waals surface area (Å²) in [4.78, 5) is 33.8. The molecule has 1 atom stereocenters. The molecule has 0 aliphatic heterocycles. The van der Waals surface area contributed by atoms with Gasteiger partial charge in [0.05, 0.1) is 23.0 Å². The second kappa shape index (κ2) is 10.2. The molecule has 1 saturated carbocycles. The first-order valence-electron chi connectivity index (χ1n) is 11.9. The number of para-hydroxylation sites is 1. The van der Waals surface area contributed by atoms with E-state index < -0.39 is 11.7 Å². The van der Waals surface area contributed by atoms with Crippen molar-refractivity contribution in [3.05, 3.63) is 66.1 Å². The van der Waals surface area contributed by atoms with Crippen molar-refractivity contribution in [2.45, 2.75) is 38.2 Å². The molecule has 5 rings (SSSR count). The molecule has 1 aliphatic carbocycles. The van der Waals surface area contributed by atoms with Gasteiger partial charge in [0.2, 0.25) is 0 Å². The number of amides is 1. The largest absolute Gasteiger partial charge is 0.460 e. The van der Waals surface area contributed by atoms with Gasteiger partial charge in [0.25, 0.3) is 5.91 Å². The van der Waals surface area contributed by atoms with Crippen LogP contribution in [-0.4, -0.2) is 50.5 Å². The molecule has 3 aromatic heterocycles. The van der Waals surface area contributed by atoms with E-state index >= 15 is 0 Å². The van der Waals surface area contributed by atoms with E-state index in [-0.39, 0.29) is 17.6 Å². The van der Waals surface area contributed by atoms with Crippen LogP contribution in [0.3, 0.4) is 0 Å². The van der Waals surface area contributed by atoms with Gasteiger partial charge in [-0.25, -0.2) is 24.3 Å². The molecule has 2 N–H and O–H groups in total. The Balaban J connectivity index is 1.31. The van der Waals surface area contributed by atoms with Crippen molar-refractivity contribution in [3.8, 4) is 17.3 Å². The molecule has 0 saturated heterocycles. The molecule has 1 aromatic carbocycles. The molecular weight excluding hydrogens is 461 g/mol. The average molecular weight is 488 g/mol. The summed E-state index contributed by atoms with van der Waals surface area (Å²) in [7, 11) is 1.48. The van der Waals surface area contributed by atoms with E-state index in [1.807, 2.05) is 25.1 Å². The lowest BCUT2D eigenvalue weighted by atomic mass is 9.96. The maximum Gasteiger partial charge on any atom is 0.316 e. The highest BCUT2D eigenvalue weighted by Crippen LogP contribution is 2.28. The van der Waals surface area contributed by atoms with E-state index in [9.17, 15) is 9.18 Å². The Hall–Kier alpha value is -4.21. The van der Waals surface area contributed by atoms with E-state index in [2.05, 4.69) is 35.6 Å². The van der Waals surface area contributed by atoms with Crippen molar-refractivity contribution in [2.24, 2.45) is 0 Å². The van der Waals surface area contributed by atoms with Crippen LogP contribution in [0.4, 0.5) is 10.2 Å². The van der Waals surface area contributed by atoms with E-state index in [1.54, 1.807) is 18.5 Å². The molecule has 0 radical (unpaired) electrons. The number of hydrogen-bond donors (Lipinski definition) is 2. The van der Waals surface area contributed by atoms with Gasteiger partial charge >= 0.3 is 6.01 Å². The number of ether oxygens (including phenoxy) is 1.